The van der Waals surface area contributed by atoms with Gasteiger partial charge in [0.1, 0.15) is 5.82 Å². The van der Waals surface area contributed by atoms with Crippen LogP contribution in [-0.4, -0.2) is 9.91 Å². The number of pyridine rings is 1. The molecular formula is C11H9ClN4O2. The minimum atomic E-state index is -0.575. The summed E-state index contributed by atoms with van der Waals surface area (Å²) in [5, 5.41) is 14.2. The molecule has 1 heterocycles. The van der Waals surface area contributed by atoms with Gasteiger partial charge < -0.3 is 11.1 Å². The second-order valence-corrected chi connectivity index (χ2v) is 3.93. The SMILES string of the molecule is Nc1nc(Nc2ccc(Cl)cc2)ccc1[N+](=O)[O-]. The van der Waals surface area contributed by atoms with Crippen LogP contribution in [0.1, 0.15) is 0 Å². The minimum Gasteiger partial charge on any atom is -0.378 e. The number of halogens is 1. The number of benzene rings is 1. The van der Waals surface area contributed by atoms with Gasteiger partial charge in [-0.2, -0.15) is 0 Å². The molecule has 0 bridgehead atoms. The first-order valence-corrected chi connectivity index (χ1v) is 5.37. The third-order valence-corrected chi connectivity index (χ3v) is 2.47. The number of hydrogen-bond acceptors (Lipinski definition) is 5. The van der Waals surface area contributed by atoms with E-state index in [0.717, 1.165) is 5.69 Å². The first-order chi connectivity index (χ1) is 8.56. The molecule has 0 amide bonds. The molecule has 0 aliphatic heterocycles. The van der Waals surface area contributed by atoms with Crippen molar-refractivity contribution in [2.24, 2.45) is 0 Å². The van der Waals surface area contributed by atoms with Gasteiger partial charge in [0.05, 0.1) is 4.92 Å². The first-order valence-electron chi connectivity index (χ1n) is 5.00. The number of nitrogens with two attached hydrogens (primary N) is 1. The average molecular weight is 265 g/mol. The van der Waals surface area contributed by atoms with Crippen molar-refractivity contribution < 1.29 is 4.92 Å². The molecule has 0 spiro atoms. The Morgan fingerprint density at radius 2 is 1.89 bits per heavy atom. The smallest absolute Gasteiger partial charge is 0.311 e. The highest BCUT2D eigenvalue weighted by Gasteiger charge is 2.12. The maximum absolute atomic E-state index is 10.6. The van der Waals surface area contributed by atoms with E-state index in [1.54, 1.807) is 24.3 Å². The molecule has 18 heavy (non-hydrogen) atoms. The summed E-state index contributed by atoms with van der Waals surface area (Å²) in [5.74, 6) is 0.305. The second-order valence-electron chi connectivity index (χ2n) is 3.49. The molecule has 0 aliphatic carbocycles. The lowest BCUT2D eigenvalue weighted by Crippen LogP contribution is -2.01. The standard InChI is InChI=1S/C11H9ClN4O2/c12-7-1-3-8(4-2-7)14-10-6-5-9(16(17)18)11(13)15-10/h1-6H,(H3,13,14,15). The van der Waals surface area contributed by atoms with Crippen LogP contribution in [0.4, 0.5) is 23.0 Å². The van der Waals surface area contributed by atoms with Gasteiger partial charge in [0.2, 0.25) is 5.82 Å². The zero-order chi connectivity index (χ0) is 13.1. The van der Waals surface area contributed by atoms with E-state index in [0.29, 0.717) is 10.8 Å². The third-order valence-electron chi connectivity index (χ3n) is 2.22. The molecule has 0 atom stereocenters. The van der Waals surface area contributed by atoms with Crippen LogP contribution in [0.2, 0.25) is 5.02 Å². The number of nitro groups is 1. The van der Waals surface area contributed by atoms with E-state index in [-0.39, 0.29) is 11.5 Å². The Labute approximate surface area is 108 Å². The van der Waals surface area contributed by atoms with Gasteiger partial charge in [-0.1, -0.05) is 11.6 Å². The highest BCUT2D eigenvalue weighted by Crippen LogP contribution is 2.23. The maximum Gasteiger partial charge on any atom is 0.311 e. The summed E-state index contributed by atoms with van der Waals surface area (Å²) in [6.45, 7) is 0. The zero-order valence-corrected chi connectivity index (χ0v) is 9.89. The highest BCUT2D eigenvalue weighted by atomic mass is 35.5. The molecule has 2 aromatic rings. The van der Waals surface area contributed by atoms with Crippen molar-refractivity contribution in [3.8, 4) is 0 Å². The number of aromatic nitrogens is 1. The second kappa shape index (κ2) is 4.89. The number of hydrogen-bond donors (Lipinski definition) is 2. The molecular weight excluding hydrogens is 256 g/mol. The summed E-state index contributed by atoms with van der Waals surface area (Å²) < 4.78 is 0. The molecule has 0 fully saturated rings. The lowest BCUT2D eigenvalue weighted by Gasteiger charge is -2.06. The number of rotatable bonds is 3. The van der Waals surface area contributed by atoms with Crippen molar-refractivity contribution in [1.82, 2.24) is 4.98 Å². The van der Waals surface area contributed by atoms with Crippen molar-refractivity contribution in [1.29, 1.82) is 0 Å². The molecule has 1 aromatic heterocycles. The van der Waals surface area contributed by atoms with Crippen LogP contribution in [0.15, 0.2) is 36.4 Å². The normalized spacial score (nSPS) is 10.1. The molecule has 3 N–H and O–H groups in total. The van der Waals surface area contributed by atoms with Gasteiger partial charge in [-0.25, -0.2) is 4.98 Å². The molecule has 6 nitrogen and oxygen atoms in total. The molecule has 0 unspecified atom stereocenters. The van der Waals surface area contributed by atoms with Crippen LogP contribution in [0.5, 0.6) is 0 Å². The van der Waals surface area contributed by atoms with E-state index < -0.39 is 4.92 Å². The van der Waals surface area contributed by atoms with Gasteiger partial charge >= 0.3 is 5.69 Å². The number of nitrogen functional groups attached to an aromatic ring is 1. The summed E-state index contributed by atoms with van der Waals surface area (Å²) in [6, 6.07) is 9.77. The van der Waals surface area contributed by atoms with Gasteiger partial charge in [-0.3, -0.25) is 10.1 Å². The Morgan fingerprint density at radius 3 is 2.44 bits per heavy atom. The molecule has 0 saturated heterocycles. The van der Waals surface area contributed by atoms with E-state index in [1.165, 1.54) is 12.1 Å². The fourth-order valence-corrected chi connectivity index (χ4v) is 1.50. The van der Waals surface area contributed by atoms with E-state index in [9.17, 15) is 10.1 Å². The van der Waals surface area contributed by atoms with Gasteiger partial charge in [-0.15, -0.1) is 0 Å². The molecule has 7 heteroatoms. The highest BCUT2D eigenvalue weighted by molar-refractivity contribution is 6.30. The van der Waals surface area contributed by atoms with Crippen molar-refractivity contribution in [3.63, 3.8) is 0 Å². The molecule has 92 valence electrons. The monoisotopic (exact) mass is 264 g/mol. The van der Waals surface area contributed by atoms with Gasteiger partial charge in [0.15, 0.2) is 0 Å². The topological polar surface area (TPSA) is 94.1 Å². The van der Waals surface area contributed by atoms with Crippen LogP contribution in [-0.2, 0) is 0 Å². The van der Waals surface area contributed by atoms with Crippen LogP contribution in [0.3, 0.4) is 0 Å². The lowest BCUT2D eigenvalue weighted by molar-refractivity contribution is -0.384. The predicted octanol–water partition coefficient (Wildman–Crippen LogP) is 2.97. The molecule has 0 saturated carbocycles. The number of anilines is 3. The van der Waals surface area contributed by atoms with Crippen LogP contribution < -0.4 is 11.1 Å². The van der Waals surface area contributed by atoms with E-state index >= 15 is 0 Å². The van der Waals surface area contributed by atoms with E-state index in [1.807, 2.05) is 0 Å². The number of nitrogens with zero attached hydrogens (tertiary/aromatic N) is 2. The Balaban J connectivity index is 2.22. The average Bonchev–Trinajstić information content (AvgIpc) is 2.32. The fourth-order valence-electron chi connectivity index (χ4n) is 1.37. The summed E-state index contributed by atoms with van der Waals surface area (Å²) in [7, 11) is 0. The Bertz CT molecular complexity index is 586. The van der Waals surface area contributed by atoms with Crippen LogP contribution >= 0.6 is 11.6 Å². The van der Waals surface area contributed by atoms with Crippen molar-refractivity contribution in [3.05, 3.63) is 51.5 Å². The van der Waals surface area contributed by atoms with Crippen LogP contribution in [0, 0.1) is 10.1 Å². The third kappa shape index (κ3) is 2.67. The summed E-state index contributed by atoms with van der Waals surface area (Å²) >= 11 is 5.76. The lowest BCUT2D eigenvalue weighted by atomic mass is 10.3. The fraction of sp³-hybridized carbons (Fsp3) is 0. The molecule has 1 aromatic carbocycles. The quantitative estimate of drug-likeness (QED) is 0.656. The molecule has 0 aliphatic rings. The van der Waals surface area contributed by atoms with Crippen molar-refractivity contribution in [2.75, 3.05) is 11.1 Å². The van der Waals surface area contributed by atoms with Gasteiger partial charge in [0, 0.05) is 16.8 Å². The van der Waals surface area contributed by atoms with Gasteiger partial charge in [0.25, 0.3) is 0 Å². The molecule has 2 rings (SSSR count). The van der Waals surface area contributed by atoms with Gasteiger partial charge in [-0.05, 0) is 30.3 Å². The summed E-state index contributed by atoms with van der Waals surface area (Å²) in [5.41, 5.74) is 6.04. The Hall–Kier alpha value is -2.34. The van der Waals surface area contributed by atoms with E-state index in [4.69, 9.17) is 17.3 Å². The minimum absolute atomic E-state index is 0.126. The van der Waals surface area contributed by atoms with Crippen LogP contribution in [0.25, 0.3) is 0 Å². The summed E-state index contributed by atoms with van der Waals surface area (Å²) in [4.78, 5) is 13.9. The first kappa shape index (κ1) is 12.1. The Morgan fingerprint density at radius 1 is 1.22 bits per heavy atom. The van der Waals surface area contributed by atoms with Crippen molar-refractivity contribution >= 4 is 34.6 Å². The number of nitrogens with one attached hydrogen (secondary N) is 1. The molecule has 0 radical (unpaired) electrons. The predicted molar refractivity (Wildman–Crippen MR) is 70.0 cm³/mol. The largest absolute Gasteiger partial charge is 0.378 e. The maximum atomic E-state index is 10.6. The Kier molecular flexibility index (Phi) is 3.29. The zero-order valence-electron chi connectivity index (χ0n) is 9.13. The summed E-state index contributed by atoms with van der Waals surface area (Å²) in [6.07, 6.45) is 0. The van der Waals surface area contributed by atoms with Crippen molar-refractivity contribution in [2.45, 2.75) is 0 Å². The van der Waals surface area contributed by atoms with E-state index in [2.05, 4.69) is 10.3 Å².